The molecule has 1 aromatic carbocycles. The Morgan fingerprint density at radius 1 is 1.61 bits per heavy atom. The Balaban J connectivity index is 2.23. The number of nitrogens with two attached hydrogens (primary N) is 1. The molecule has 1 aliphatic rings. The Bertz CT molecular complexity index is 501. The van der Waals surface area contributed by atoms with Gasteiger partial charge in [0.2, 0.25) is 5.91 Å². The van der Waals surface area contributed by atoms with Gasteiger partial charge in [0.25, 0.3) is 0 Å². The summed E-state index contributed by atoms with van der Waals surface area (Å²) in [4.78, 5) is 13.8. The molecule has 94 valence electrons. The fourth-order valence-corrected chi connectivity index (χ4v) is 1.98. The molecule has 1 atom stereocenters. The molecule has 1 saturated heterocycles. The number of hydrogen-bond acceptors (Lipinski definition) is 4. The summed E-state index contributed by atoms with van der Waals surface area (Å²) in [5.41, 5.74) is 6.26. The average Bonchev–Trinajstić information content (AvgIpc) is 2.85. The van der Waals surface area contributed by atoms with Crippen molar-refractivity contribution in [1.29, 1.82) is 5.26 Å². The molecule has 18 heavy (non-hydrogen) atoms. The zero-order chi connectivity index (χ0) is 13.2. The summed E-state index contributed by atoms with van der Waals surface area (Å²) in [5.74, 6) is -0.185. The summed E-state index contributed by atoms with van der Waals surface area (Å²) >= 11 is 0. The average molecular weight is 245 g/mol. The van der Waals surface area contributed by atoms with E-state index in [2.05, 4.69) is 0 Å². The molecule has 1 amide bonds. The molecule has 0 bridgehead atoms. The highest BCUT2D eigenvalue weighted by Crippen LogP contribution is 2.22. The molecular formula is C13H15N3O2. The van der Waals surface area contributed by atoms with Gasteiger partial charge < -0.3 is 15.4 Å². The molecule has 2 N–H and O–H groups in total. The SMILES string of the molecule is CN(C(=O)C1(N)CCOC1)c1cccc(C#N)c1. The van der Waals surface area contributed by atoms with Crippen LogP contribution in [-0.4, -0.2) is 31.7 Å². The van der Waals surface area contributed by atoms with Crippen LogP contribution in [0.1, 0.15) is 12.0 Å². The second-order valence-corrected chi connectivity index (χ2v) is 4.49. The van der Waals surface area contributed by atoms with Crippen molar-refractivity contribution in [3.8, 4) is 6.07 Å². The van der Waals surface area contributed by atoms with Crippen LogP contribution in [0.15, 0.2) is 24.3 Å². The molecule has 0 radical (unpaired) electrons. The van der Waals surface area contributed by atoms with E-state index in [0.717, 1.165) is 0 Å². The van der Waals surface area contributed by atoms with E-state index in [1.807, 2.05) is 6.07 Å². The Hall–Kier alpha value is -1.90. The van der Waals surface area contributed by atoms with Crippen LogP contribution in [0.5, 0.6) is 0 Å². The molecule has 1 fully saturated rings. The smallest absolute Gasteiger partial charge is 0.249 e. The van der Waals surface area contributed by atoms with E-state index >= 15 is 0 Å². The lowest BCUT2D eigenvalue weighted by atomic mass is 9.98. The Labute approximate surface area is 106 Å². The maximum Gasteiger partial charge on any atom is 0.249 e. The van der Waals surface area contributed by atoms with E-state index in [1.54, 1.807) is 31.3 Å². The molecule has 2 rings (SSSR count). The van der Waals surface area contributed by atoms with E-state index in [-0.39, 0.29) is 12.5 Å². The van der Waals surface area contributed by atoms with Gasteiger partial charge in [-0.25, -0.2) is 0 Å². The van der Waals surface area contributed by atoms with Gasteiger partial charge in [-0.2, -0.15) is 5.26 Å². The minimum absolute atomic E-state index is 0.185. The predicted octanol–water partition coefficient (Wildman–Crippen LogP) is 0.639. The van der Waals surface area contributed by atoms with E-state index < -0.39 is 5.54 Å². The lowest BCUT2D eigenvalue weighted by Crippen LogP contribution is -2.55. The second kappa shape index (κ2) is 4.77. The largest absolute Gasteiger partial charge is 0.379 e. The van der Waals surface area contributed by atoms with Crippen LogP contribution in [0.4, 0.5) is 5.69 Å². The molecule has 0 aromatic heterocycles. The van der Waals surface area contributed by atoms with E-state index in [0.29, 0.717) is 24.3 Å². The van der Waals surface area contributed by atoms with E-state index in [9.17, 15) is 4.79 Å². The van der Waals surface area contributed by atoms with Crippen molar-refractivity contribution in [2.24, 2.45) is 5.73 Å². The van der Waals surface area contributed by atoms with Gasteiger partial charge in [-0.3, -0.25) is 4.79 Å². The molecule has 1 unspecified atom stereocenters. The number of nitrogens with zero attached hydrogens (tertiary/aromatic N) is 2. The van der Waals surface area contributed by atoms with Crippen LogP contribution in [-0.2, 0) is 9.53 Å². The van der Waals surface area contributed by atoms with Crippen LogP contribution in [0.3, 0.4) is 0 Å². The number of nitriles is 1. The van der Waals surface area contributed by atoms with Crippen molar-refractivity contribution in [2.75, 3.05) is 25.2 Å². The summed E-state index contributed by atoms with van der Waals surface area (Å²) < 4.78 is 5.19. The number of benzene rings is 1. The number of carbonyl (C=O) groups excluding carboxylic acids is 1. The third kappa shape index (κ3) is 2.21. The maximum atomic E-state index is 12.3. The Morgan fingerprint density at radius 2 is 2.39 bits per heavy atom. The summed E-state index contributed by atoms with van der Waals surface area (Å²) in [5, 5.41) is 8.85. The number of anilines is 1. The van der Waals surface area contributed by atoms with E-state index in [1.165, 1.54) is 4.90 Å². The van der Waals surface area contributed by atoms with Crippen LogP contribution < -0.4 is 10.6 Å². The first-order valence-corrected chi connectivity index (χ1v) is 5.72. The lowest BCUT2D eigenvalue weighted by Gasteiger charge is -2.27. The third-order valence-corrected chi connectivity index (χ3v) is 3.15. The summed E-state index contributed by atoms with van der Waals surface area (Å²) in [6.45, 7) is 0.752. The van der Waals surface area contributed by atoms with Gasteiger partial charge >= 0.3 is 0 Å². The number of likely N-dealkylation sites (N-methyl/N-ethyl adjacent to an activating group) is 1. The first kappa shape index (κ1) is 12.6. The van der Waals surface area contributed by atoms with Crippen LogP contribution in [0.2, 0.25) is 0 Å². The number of hydrogen-bond donors (Lipinski definition) is 1. The zero-order valence-electron chi connectivity index (χ0n) is 10.2. The monoisotopic (exact) mass is 245 g/mol. The molecule has 1 aliphatic heterocycles. The van der Waals surface area contributed by atoms with Crippen LogP contribution in [0, 0.1) is 11.3 Å². The van der Waals surface area contributed by atoms with Crippen molar-refractivity contribution in [3.63, 3.8) is 0 Å². The van der Waals surface area contributed by atoms with Gasteiger partial charge in [0.1, 0.15) is 5.54 Å². The highest BCUT2D eigenvalue weighted by molar-refractivity contribution is 6.00. The van der Waals surface area contributed by atoms with Gasteiger partial charge in [-0.1, -0.05) is 6.07 Å². The molecule has 1 aromatic rings. The molecule has 5 nitrogen and oxygen atoms in total. The van der Waals surface area contributed by atoms with Crippen molar-refractivity contribution < 1.29 is 9.53 Å². The highest BCUT2D eigenvalue weighted by Gasteiger charge is 2.40. The van der Waals surface area contributed by atoms with Crippen molar-refractivity contribution in [3.05, 3.63) is 29.8 Å². The van der Waals surface area contributed by atoms with Crippen molar-refractivity contribution in [1.82, 2.24) is 0 Å². The van der Waals surface area contributed by atoms with Crippen LogP contribution in [0.25, 0.3) is 0 Å². The van der Waals surface area contributed by atoms with Gasteiger partial charge in [0.05, 0.1) is 18.2 Å². The lowest BCUT2D eigenvalue weighted by molar-refractivity contribution is -0.123. The third-order valence-electron chi connectivity index (χ3n) is 3.15. The van der Waals surface area contributed by atoms with Crippen molar-refractivity contribution >= 4 is 11.6 Å². The molecule has 0 aliphatic carbocycles. The van der Waals surface area contributed by atoms with Gasteiger partial charge in [-0.15, -0.1) is 0 Å². The number of ether oxygens (including phenoxy) is 1. The Morgan fingerprint density at radius 3 is 3.00 bits per heavy atom. The summed E-state index contributed by atoms with van der Waals surface area (Å²) in [7, 11) is 1.66. The fraction of sp³-hybridized carbons (Fsp3) is 0.385. The zero-order valence-corrected chi connectivity index (χ0v) is 10.2. The van der Waals surface area contributed by atoms with E-state index in [4.69, 9.17) is 15.7 Å². The number of rotatable bonds is 2. The van der Waals surface area contributed by atoms with Crippen molar-refractivity contribution in [2.45, 2.75) is 12.0 Å². The predicted molar refractivity (Wildman–Crippen MR) is 66.9 cm³/mol. The minimum Gasteiger partial charge on any atom is -0.379 e. The molecule has 1 heterocycles. The molecule has 0 saturated carbocycles. The molecule has 0 spiro atoms. The summed E-state index contributed by atoms with van der Waals surface area (Å²) in [6.07, 6.45) is 0.522. The minimum atomic E-state index is -0.947. The Kier molecular flexibility index (Phi) is 3.32. The topological polar surface area (TPSA) is 79.3 Å². The normalized spacial score (nSPS) is 22.5. The molecular weight excluding hydrogens is 230 g/mol. The first-order valence-electron chi connectivity index (χ1n) is 5.72. The summed E-state index contributed by atoms with van der Waals surface area (Å²) in [6, 6.07) is 8.92. The van der Waals surface area contributed by atoms with Gasteiger partial charge in [0.15, 0.2) is 0 Å². The second-order valence-electron chi connectivity index (χ2n) is 4.49. The van der Waals surface area contributed by atoms with Gasteiger partial charge in [0, 0.05) is 19.3 Å². The first-order chi connectivity index (χ1) is 8.57. The number of carbonyl (C=O) groups is 1. The number of amides is 1. The highest BCUT2D eigenvalue weighted by atomic mass is 16.5. The quantitative estimate of drug-likeness (QED) is 0.829. The maximum absolute atomic E-state index is 12.3. The van der Waals surface area contributed by atoms with Gasteiger partial charge in [-0.05, 0) is 24.6 Å². The molecule has 5 heteroatoms. The standard InChI is InChI=1S/C13H15N3O2/c1-16(11-4-2-3-10(7-11)8-14)12(17)13(15)5-6-18-9-13/h2-4,7H,5-6,9,15H2,1H3. The van der Waals surface area contributed by atoms with Crippen LogP contribution >= 0.6 is 0 Å². The fourth-order valence-electron chi connectivity index (χ4n) is 1.98.